The summed E-state index contributed by atoms with van der Waals surface area (Å²) < 4.78 is 5.21. The summed E-state index contributed by atoms with van der Waals surface area (Å²) in [5.74, 6) is 1.94. The molecule has 0 aliphatic carbocycles. The number of aliphatic hydroxyl groups is 1. The number of nitrogens with one attached hydrogen (secondary N) is 1. The van der Waals surface area contributed by atoms with Gasteiger partial charge in [0, 0.05) is 24.0 Å². The van der Waals surface area contributed by atoms with Gasteiger partial charge in [0.1, 0.15) is 5.76 Å². The van der Waals surface area contributed by atoms with Crippen molar-refractivity contribution in [2.45, 2.75) is 39.2 Å². The summed E-state index contributed by atoms with van der Waals surface area (Å²) in [4.78, 5) is 15.8. The van der Waals surface area contributed by atoms with Crippen molar-refractivity contribution in [1.29, 1.82) is 0 Å². The van der Waals surface area contributed by atoms with E-state index >= 15 is 0 Å². The standard InChI is InChI=1S/C13H22N2O3S/c1-9(2)11-10(15-8-18-11)12(16)14-5-6-19-7-13(3,4)17/h8-9,17H,5-7H2,1-4H3,(H,14,16). The number of nitrogens with zero attached hydrogens (tertiary/aromatic N) is 1. The Labute approximate surface area is 118 Å². The molecule has 19 heavy (non-hydrogen) atoms. The minimum atomic E-state index is -0.675. The van der Waals surface area contributed by atoms with Crippen LogP contribution in [0.3, 0.4) is 0 Å². The van der Waals surface area contributed by atoms with Gasteiger partial charge >= 0.3 is 0 Å². The Balaban J connectivity index is 2.34. The molecule has 1 aromatic rings. The van der Waals surface area contributed by atoms with E-state index in [0.717, 1.165) is 5.75 Å². The van der Waals surface area contributed by atoms with E-state index in [-0.39, 0.29) is 11.8 Å². The fourth-order valence-corrected chi connectivity index (χ4v) is 2.37. The molecular weight excluding hydrogens is 264 g/mol. The molecule has 0 radical (unpaired) electrons. The highest BCUT2D eigenvalue weighted by molar-refractivity contribution is 7.99. The molecule has 0 spiro atoms. The molecule has 0 aromatic carbocycles. The van der Waals surface area contributed by atoms with Crippen LogP contribution >= 0.6 is 11.8 Å². The van der Waals surface area contributed by atoms with Gasteiger partial charge in [-0.25, -0.2) is 4.98 Å². The summed E-state index contributed by atoms with van der Waals surface area (Å²) in [6.45, 7) is 7.99. The first kappa shape index (κ1) is 16.0. The lowest BCUT2D eigenvalue weighted by Crippen LogP contribution is -2.28. The van der Waals surface area contributed by atoms with E-state index in [1.165, 1.54) is 6.39 Å². The van der Waals surface area contributed by atoms with Gasteiger partial charge < -0.3 is 14.8 Å². The van der Waals surface area contributed by atoms with Gasteiger partial charge in [0.05, 0.1) is 5.60 Å². The number of carbonyl (C=O) groups is 1. The number of hydrogen-bond acceptors (Lipinski definition) is 5. The largest absolute Gasteiger partial charge is 0.447 e. The van der Waals surface area contributed by atoms with E-state index in [1.807, 2.05) is 13.8 Å². The highest BCUT2D eigenvalue weighted by Crippen LogP contribution is 2.18. The second-order valence-electron chi connectivity index (χ2n) is 5.34. The summed E-state index contributed by atoms with van der Waals surface area (Å²) >= 11 is 1.60. The van der Waals surface area contributed by atoms with Crippen molar-refractivity contribution in [2.24, 2.45) is 0 Å². The number of hydrogen-bond donors (Lipinski definition) is 2. The fraction of sp³-hybridized carbons (Fsp3) is 0.692. The molecule has 0 fully saturated rings. The molecule has 6 heteroatoms. The van der Waals surface area contributed by atoms with E-state index in [4.69, 9.17) is 4.42 Å². The maximum absolute atomic E-state index is 11.9. The zero-order valence-corrected chi connectivity index (χ0v) is 12.7. The van der Waals surface area contributed by atoms with Crippen LogP contribution in [0.1, 0.15) is 49.9 Å². The molecule has 1 heterocycles. The minimum Gasteiger partial charge on any atom is -0.447 e. The van der Waals surface area contributed by atoms with E-state index in [1.54, 1.807) is 25.6 Å². The van der Waals surface area contributed by atoms with Gasteiger partial charge in [-0.05, 0) is 13.8 Å². The van der Waals surface area contributed by atoms with Crippen LogP contribution in [0.5, 0.6) is 0 Å². The zero-order chi connectivity index (χ0) is 14.5. The van der Waals surface area contributed by atoms with E-state index in [9.17, 15) is 9.90 Å². The molecule has 1 amide bonds. The van der Waals surface area contributed by atoms with Crippen molar-refractivity contribution in [3.63, 3.8) is 0 Å². The van der Waals surface area contributed by atoms with E-state index < -0.39 is 5.60 Å². The number of oxazole rings is 1. The molecule has 1 rings (SSSR count). The predicted molar refractivity (Wildman–Crippen MR) is 76.5 cm³/mol. The number of thioether (sulfide) groups is 1. The maximum Gasteiger partial charge on any atom is 0.273 e. The maximum atomic E-state index is 11.9. The number of amides is 1. The SMILES string of the molecule is CC(C)c1ocnc1C(=O)NCCSCC(C)(C)O. The van der Waals surface area contributed by atoms with Gasteiger partial charge in [0.25, 0.3) is 5.91 Å². The number of aromatic nitrogens is 1. The van der Waals surface area contributed by atoms with Gasteiger partial charge in [-0.3, -0.25) is 4.79 Å². The molecule has 2 N–H and O–H groups in total. The summed E-state index contributed by atoms with van der Waals surface area (Å²) in [7, 11) is 0. The average molecular weight is 286 g/mol. The van der Waals surface area contributed by atoms with E-state index in [2.05, 4.69) is 10.3 Å². The molecular formula is C13H22N2O3S. The Morgan fingerprint density at radius 1 is 1.58 bits per heavy atom. The van der Waals surface area contributed by atoms with Gasteiger partial charge in [0.2, 0.25) is 0 Å². The summed E-state index contributed by atoms with van der Waals surface area (Å²) in [6, 6.07) is 0. The number of rotatable bonds is 7. The Kier molecular flexibility index (Phi) is 5.87. The van der Waals surface area contributed by atoms with Gasteiger partial charge in [-0.15, -0.1) is 0 Å². The first-order valence-electron chi connectivity index (χ1n) is 6.33. The molecule has 0 bridgehead atoms. The van der Waals surface area contributed by atoms with Crippen molar-refractivity contribution < 1.29 is 14.3 Å². The second-order valence-corrected chi connectivity index (χ2v) is 6.45. The summed E-state index contributed by atoms with van der Waals surface area (Å²) in [6.07, 6.45) is 1.30. The lowest BCUT2D eigenvalue weighted by molar-refractivity contribution is 0.0949. The highest BCUT2D eigenvalue weighted by Gasteiger charge is 2.18. The first-order valence-corrected chi connectivity index (χ1v) is 7.48. The highest BCUT2D eigenvalue weighted by atomic mass is 32.2. The molecule has 0 aliphatic heterocycles. The quantitative estimate of drug-likeness (QED) is 0.750. The molecule has 5 nitrogen and oxygen atoms in total. The van der Waals surface area contributed by atoms with Crippen molar-refractivity contribution in [2.75, 3.05) is 18.1 Å². The van der Waals surface area contributed by atoms with Crippen LogP contribution in [0.25, 0.3) is 0 Å². The van der Waals surface area contributed by atoms with Crippen LogP contribution in [0.2, 0.25) is 0 Å². The van der Waals surface area contributed by atoms with Crippen molar-refractivity contribution in [3.05, 3.63) is 17.8 Å². The molecule has 0 atom stereocenters. The van der Waals surface area contributed by atoms with Crippen LogP contribution in [0.4, 0.5) is 0 Å². The molecule has 0 unspecified atom stereocenters. The molecule has 0 saturated heterocycles. The second kappa shape index (κ2) is 6.96. The van der Waals surface area contributed by atoms with Crippen molar-refractivity contribution in [1.82, 2.24) is 10.3 Å². The minimum absolute atomic E-state index is 0.132. The van der Waals surface area contributed by atoms with Crippen LogP contribution in [-0.4, -0.2) is 39.6 Å². The molecule has 0 saturated carbocycles. The normalized spacial score (nSPS) is 11.9. The molecule has 1 aromatic heterocycles. The van der Waals surface area contributed by atoms with Gasteiger partial charge in [0.15, 0.2) is 12.1 Å². The molecule has 108 valence electrons. The third-order valence-electron chi connectivity index (χ3n) is 2.32. The smallest absolute Gasteiger partial charge is 0.273 e. The third kappa shape index (κ3) is 5.65. The summed E-state index contributed by atoms with van der Waals surface area (Å²) in [5, 5.41) is 12.3. The number of carbonyl (C=O) groups excluding carboxylic acids is 1. The Morgan fingerprint density at radius 2 is 2.26 bits per heavy atom. The van der Waals surface area contributed by atoms with Gasteiger partial charge in [-0.2, -0.15) is 11.8 Å². The van der Waals surface area contributed by atoms with Crippen LogP contribution in [0.15, 0.2) is 10.8 Å². The lowest BCUT2D eigenvalue weighted by atomic mass is 10.1. The first-order chi connectivity index (χ1) is 8.81. The van der Waals surface area contributed by atoms with Gasteiger partial charge in [-0.1, -0.05) is 13.8 Å². The molecule has 0 aliphatic rings. The van der Waals surface area contributed by atoms with E-state index in [0.29, 0.717) is 23.8 Å². The Morgan fingerprint density at radius 3 is 2.84 bits per heavy atom. The van der Waals surface area contributed by atoms with Crippen LogP contribution in [-0.2, 0) is 0 Å². The lowest BCUT2D eigenvalue weighted by Gasteiger charge is -2.16. The topological polar surface area (TPSA) is 75.4 Å². The summed E-state index contributed by atoms with van der Waals surface area (Å²) in [5.41, 5.74) is -0.312. The Bertz CT molecular complexity index is 410. The Hall–Kier alpha value is -1.01. The third-order valence-corrected chi connectivity index (χ3v) is 3.72. The van der Waals surface area contributed by atoms with Crippen molar-refractivity contribution in [3.8, 4) is 0 Å². The van der Waals surface area contributed by atoms with Crippen LogP contribution < -0.4 is 5.32 Å². The van der Waals surface area contributed by atoms with Crippen LogP contribution in [0, 0.1) is 0 Å². The monoisotopic (exact) mass is 286 g/mol. The zero-order valence-electron chi connectivity index (χ0n) is 11.9. The van der Waals surface area contributed by atoms with Crippen molar-refractivity contribution >= 4 is 17.7 Å². The average Bonchev–Trinajstić information content (AvgIpc) is 2.75. The predicted octanol–water partition coefficient (Wildman–Crippen LogP) is 2.03. The fourth-order valence-electron chi connectivity index (χ4n) is 1.48.